The van der Waals surface area contributed by atoms with E-state index in [2.05, 4.69) is 82.3 Å². The van der Waals surface area contributed by atoms with Crippen molar-refractivity contribution >= 4 is 11.4 Å². The Balaban J connectivity index is 1.12. The van der Waals surface area contributed by atoms with Gasteiger partial charge < -0.3 is 28.2 Å². The number of anilines is 2. The van der Waals surface area contributed by atoms with Crippen molar-refractivity contribution in [3.63, 3.8) is 0 Å². The second-order valence-electron chi connectivity index (χ2n) is 18.1. The van der Waals surface area contributed by atoms with Crippen molar-refractivity contribution in [1.29, 1.82) is 0 Å². The molecule has 0 aromatic heterocycles. The van der Waals surface area contributed by atoms with E-state index >= 15 is 0 Å². The summed E-state index contributed by atoms with van der Waals surface area (Å²) in [5, 5.41) is 0. The summed E-state index contributed by atoms with van der Waals surface area (Å²) in [4.78, 5) is 5.87. The number of hydrogen-bond donors (Lipinski definition) is 0. The van der Waals surface area contributed by atoms with Gasteiger partial charge in [-0.2, -0.15) is 0 Å². The lowest BCUT2D eigenvalue weighted by Crippen LogP contribution is -2.78. The van der Waals surface area contributed by atoms with E-state index in [0.29, 0.717) is 61.1 Å². The molecule has 0 amide bonds. The summed E-state index contributed by atoms with van der Waals surface area (Å²) in [5.74, 6) is 8.03. The first kappa shape index (κ1) is 28.1. The molecule has 5 saturated heterocycles. The van der Waals surface area contributed by atoms with Gasteiger partial charge in [0.2, 0.25) is 0 Å². The van der Waals surface area contributed by atoms with Crippen LogP contribution >= 0.6 is 0 Å². The van der Waals surface area contributed by atoms with E-state index in [9.17, 15) is 0 Å². The van der Waals surface area contributed by atoms with E-state index in [4.69, 9.17) is 22.3 Å². The van der Waals surface area contributed by atoms with E-state index < -0.39 is 0 Å². The molecular formula is C44H46N4O2+2. The largest absolute Gasteiger partial charge is 0.354 e. The monoisotopic (exact) mass is 662 g/mol. The SMILES string of the molecule is C#CC[N+]12CC[C@@]34c5ccccc5N5[C@@H]6OCC=C7C[N+]8(CC#C)CC[C@]9%10c%11ccccc%11N([C@@H]%11OCC=C(C1)[C@H](C[C@@H]32)[C@@H]%11[C@H]54)[C@H]9[C@H]6[C@H]7C[C@@H]%108. The number of nitrogens with zero attached hydrogens (tertiary/aromatic N) is 4. The van der Waals surface area contributed by atoms with E-state index in [1.807, 2.05) is 0 Å². The average molecular weight is 663 g/mol. The molecule has 9 heterocycles. The Hall–Kier alpha value is -3.52. The van der Waals surface area contributed by atoms with Crippen LogP contribution in [-0.2, 0) is 20.3 Å². The third-order valence-electron chi connectivity index (χ3n) is 17.3. The van der Waals surface area contributed by atoms with Crippen LogP contribution in [0.2, 0.25) is 0 Å². The summed E-state index contributed by atoms with van der Waals surface area (Å²) in [6, 6.07) is 20.8. The van der Waals surface area contributed by atoms with Gasteiger partial charge in [0.1, 0.15) is 50.7 Å². The fourth-order valence-electron chi connectivity index (χ4n) is 16.2. The van der Waals surface area contributed by atoms with Crippen molar-refractivity contribution in [2.24, 2.45) is 23.7 Å². The maximum atomic E-state index is 7.48. The fourth-order valence-corrected chi connectivity index (χ4v) is 16.2. The number of rotatable bonds is 2. The molecule has 2 saturated carbocycles. The number of quaternary nitrogens is 2. The zero-order chi connectivity index (χ0) is 32.8. The van der Waals surface area contributed by atoms with Gasteiger partial charge in [-0.3, -0.25) is 0 Å². The summed E-state index contributed by atoms with van der Waals surface area (Å²) in [5.41, 5.74) is 9.30. The van der Waals surface area contributed by atoms with Gasteiger partial charge in [0.05, 0.1) is 49.2 Å². The van der Waals surface area contributed by atoms with Crippen molar-refractivity contribution in [1.82, 2.24) is 0 Å². The highest BCUT2D eigenvalue weighted by molar-refractivity contribution is 5.72. The van der Waals surface area contributed by atoms with Crippen LogP contribution in [0.25, 0.3) is 0 Å². The van der Waals surface area contributed by atoms with Gasteiger partial charge in [0, 0.05) is 60.7 Å². The highest BCUT2D eigenvalue weighted by Crippen LogP contribution is 2.72. The van der Waals surface area contributed by atoms with Crippen molar-refractivity contribution in [3.8, 4) is 24.7 Å². The highest BCUT2D eigenvalue weighted by Gasteiger charge is 2.80. The maximum Gasteiger partial charge on any atom is 0.141 e. The first-order chi connectivity index (χ1) is 24.6. The summed E-state index contributed by atoms with van der Waals surface area (Å²) < 4.78 is 17.1. The van der Waals surface area contributed by atoms with Gasteiger partial charge >= 0.3 is 0 Å². The number of fused-ring (bicyclic) bond motifs is 6. The number of terminal acetylenes is 2. The van der Waals surface area contributed by atoms with Crippen molar-refractivity contribution in [3.05, 3.63) is 83.0 Å². The van der Waals surface area contributed by atoms with Gasteiger partial charge in [0.15, 0.2) is 0 Å². The smallest absolute Gasteiger partial charge is 0.141 e. The lowest BCUT2D eigenvalue weighted by atomic mass is 9.52. The zero-order valence-electron chi connectivity index (χ0n) is 28.8. The minimum Gasteiger partial charge on any atom is -0.354 e. The van der Waals surface area contributed by atoms with Gasteiger partial charge in [-0.1, -0.05) is 48.6 Å². The third-order valence-corrected chi connectivity index (χ3v) is 17.3. The summed E-state index contributed by atoms with van der Waals surface area (Å²) in [6.07, 6.45) is 22.3. The van der Waals surface area contributed by atoms with E-state index in [1.165, 1.54) is 37.1 Å². The second kappa shape index (κ2) is 8.91. The Bertz CT molecular complexity index is 1910. The van der Waals surface area contributed by atoms with Gasteiger partial charge in [-0.15, -0.1) is 12.8 Å². The molecule has 2 spiro atoms. The van der Waals surface area contributed by atoms with E-state index in [1.54, 1.807) is 22.3 Å². The molecule has 14 atom stereocenters. The number of benzene rings is 2. The molecule has 2 aliphatic carbocycles. The average Bonchev–Trinajstić information content (AvgIpc) is 3.75. The van der Waals surface area contributed by atoms with Crippen LogP contribution in [-0.4, -0.2) is 98.1 Å². The Morgan fingerprint density at radius 3 is 1.60 bits per heavy atom. The minimum absolute atomic E-state index is 0.00209. The number of piperidine rings is 2. The first-order valence-corrected chi connectivity index (χ1v) is 19.6. The second-order valence-corrected chi connectivity index (χ2v) is 18.1. The van der Waals surface area contributed by atoms with Crippen LogP contribution in [0.4, 0.5) is 11.4 Å². The summed E-state index contributed by atoms with van der Waals surface area (Å²) >= 11 is 0. The molecule has 11 aliphatic rings. The molecule has 50 heavy (non-hydrogen) atoms. The predicted molar refractivity (Wildman–Crippen MR) is 192 cm³/mol. The van der Waals surface area contributed by atoms with Crippen LogP contribution in [0.1, 0.15) is 36.8 Å². The molecule has 9 aliphatic heterocycles. The molecule has 0 radical (unpaired) electrons. The quantitative estimate of drug-likeness (QED) is 0.268. The summed E-state index contributed by atoms with van der Waals surface area (Å²) in [7, 11) is 0. The summed E-state index contributed by atoms with van der Waals surface area (Å²) in [6.45, 7) is 7.49. The van der Waals surface area contributed by atoms with Gasteiger partial charge in [0.25, 0.3) is 0 Å². The topological polar surface area (TPSA) is 24.9 Å². The molecular weight excluding hydrogens is 617 g/mol. The van der Waals surface area contributed by atoms with Crippen LogP contribution < -0.4 is 9.80 Å². The van der Waals surface area contributed by atoms with Crippen molar-refractivity contribution in [2.45, 2.75) is 73.1 Å². The number of hydrogen-bond acceptors (Lipinski definition) is 4. The Morgan fingerprint density at radius 1 is 0.680 bits per heavy atom. The normalized spacial score (nSPS) is 49.6. The molecule has 7 fully saturated rings. The van der Waals surface area contributed by atoms with Crippen molar-refractivity contribution < 1.29 is 18.4 Å². The predicted octanol–water partition coefficient (Wildman–Crippen LogP) is 4.56. The molecule has 4 bridgehead atoms. The van der Waals surface area contributed by atoms with Crippen LogP contribution in [0, 0.1) is 48.4 Å². The first-order valence-electron chi connectivity index (χ1n) is 19.6. The van der Waals surface area contributed by atoms with E-state index in [-0.39, 0.29) is 23.3 Å². The Kier molecular flexibility index (Phi) is 5.01. The minimum atomic E-state index is -0.00209. The van der Waals surface area contributed by atoms with Crippen LogP contribution in [0.15, 0.2) is 71.8 Å². The molecule has 2 unspecified atom stereocenters. The molecule has 0 N–H and O–H groups in total. The van der Waals surface area contributed by atoms with Gasteiger partial charge in [-0.25, -0.2) is 0 Å². The van der Waals surface area contributed by atoms with E-state index in [0.717, 1.165) is 48.2 Å². The number of para-hydroxylation sites is 2. The lowest BCUT2D eigenvalue weighted by molar-refractivity contribution is -0.936. The zero-order valence-corrected chi connectivity index (χ0v) is 28.8. The molecule has 13 rings (SSSR count). The van der Waals surface area contributed by atoms with Gasteiger partial charge in [-0.05, 0) is 46.2 Å². The standard InChI is InChI=1S/C44H46N4O2/c1-3-17-47-19-15-43-31-9-5-7-11-33(31)45-39(43)37-29(23-35(43)47)27(25-47)13-21-49-41(37)46-34-12-8-6-10-32(34)44-16-20-48(18-4-2)26-28-14-22-50-42(45)38(40(44)46)30(28)24-36(44)48/h1-2,5-14,29-30,35-42H,15-26H2/q+2/t29-,30-,35-,36-,37+,38+,39-,40-,41+,42+,43+,44+,47?,48?/m0/s1. The molecule has 2 aromatic carbocycles. The Labute approximate surface area is 295 Å². The van der Waals surface area contributed by atoms with Crippen LogP contribution in [0.3, 0.4) is 0 Å². The molecule has 252 valence electrons. The highest BCUT2D eigenvalue weighted by atomic mass is 16.5. The molecule has 6 nitrogen and oxygen atoms in total. The lowest BCUT2D eigenvalue weighted by Gasteiger charge is -2.65. The molecule has 6 heteroatoms. The number of ether oxygens (including phenoxy) is 2. The maximum absolute atomic E-state index is 7.48. The molecule has 2 aromatic rings. The van der Waals surface area contributed by atoms with Crippen molar-refractivity contribution in [2.75, 3.05) is 62.3 Å². The Morgan fingerprint density at radius 2 is 1.14 bits per heavy atom. The van der Waals surface area contributed by atoms with Crippen LogP contribution in [0.5, 0.6) is 0 Å². The fraction of sp³-hybridized carbons (Fsp3) is 0.545. The third kappa shape index (κ3) is 2.76.